The molecule has 0 radical (unpaired) electrons. The first kappa shape index (κ1) is 20.3. The lowest BCUT2D eigenvalue weighted by Gasteiger charge is -2.28. The van der Waals surface area contributed by atoms with Gasteiger partial charge in [0.1, 0.15) is 17.9 Å². The van der Waals surface area contributed by atoms with Gasteiger partial charge in [0, 0.05) is 18.5 Å². The van der Waals surface area contributed by atoms with Crippen molar-refractivity contribution >= 4 is 12.1 Å². The normalized spacial score (nSPS) is 17.1. The number of carboxylic acids is 1. The number of carboxylic acid groups (broad SMARTS) is 1. The molecule has 164 valence electrons. The first-order valence-electron chi connectivity index (χ1n) is 10.8. The van der Waals surface area contributed by atoms with E-state index in [2.05, 4.69) is 29.6 Å². The Morgan fingerprint density at radius 2 is 1.75 bits per heavy atom. The van der Waals surface area contributed by atoms with Gasteiger partial charge < -0.3 is 19.6 Å². The second-order valence-corrected chi connectivity index (χ2v) is 8.14. The number of nitrogens with zero attached hydrogens (tertiary/aromatic N) is 1. The summed E-state index contributed by atoms with van der Waals surface area (Å²) in [5.41, 5.74) is 4.70. The van der Waals surface area contributed by atoms with Crippen LogP contribution in [0.1, 0.15) is 39.6 Å². The Morgan fingerprint density at radius 3 is 2.38 bits per heavy atom. The molecule has 1 amide bonds. The molecule has 2 heterocycles. The molecule has 1 aliphatic carbocycles. The molecule has 2 N–H and O–H groups in total. The van der Waals surface area contributed by atoms with Gasteiger partial charge in [-0.3, -0.25) is 4.90 Å². The van der Waals surface area contributed by atoms with Crippen molar-refractivity contribution in [3.63, 3.8) is 0 Å². The third-order valence-corrected chi connectivity index (χ3v) is 6.34. The lowest BCUT2D eigenvalue weighted by molar-refractivity contribution is 0.0678. The van der Waals surface area contributed by atoms with E-state index < -0.39 is 12.1 Å². The molecule has 1 fully saturated rings. The Morgan fingerprint density at radius 1 is 1.06 bits per heavy atom. The number of benzene rings is 2. The van der Waals surface area contributed by atoms with Gasteiger partial charge >= 0.3 is 12.1 Å². The highest BCUT2D eigenvalue weighted by molar-refractivity contribution is 5.88. The summed E-state index contributed by atoms with van der Waals surface area (Å²) in [5, 5.41) is 12.6. The first-order chi connectivity index (χ1) is 15.6. The zero-order chi connectivity index (χ0) is 22.1. The predicted octanol–water partition coefficient (Wildman–Crippen LogP) is 4.09. The smallest absolute Gasteiger partial charge is 0.410 e. The van der Waals surface area contributed by atoms with Crippen molar-refractivity contribution in [2.45, 2.75) is 24.9 Å². The highest BCUT2D eigenvalue weighted by atomic mass is 16.6. The van der Waals surface area contributed by atoms with E-state index in [1.807, 2.05) is 24.3 Å². The van der Waals surface area contributed by atoms with E-state index in [9.17, 15) is 14.7 Å². The van der Waals surface area contributed by atoms with Gasteiger partial charge in [0.2, 0.25) is 0 Å². The number of ether oxygens (including phenoxy) is 1. The Bertz CT molecular complexity index is 1100. The standard InChI is InChI=1S/C25H24N2O5/c28-24(29)21-10-12-31-23(21)14-27(16-9-11-26-13-16)25(30)32-15-22-19-7-3-1-5-17(19)18-6-2-4-8-20(18)22/h1-8,10,12,16,22,26H,9,11,13-15H2,(H,28,29). The summed E-state index contributed by atoms with van der Waals surface area (Å²) in [6.07, 6.45) is 1.64. The van der Waals surface area contributed by atoms with Crippen LogP contribution in [-0.4, -0.2) is 47.8 Å². The number of carbonyl (C=O) groups is 2. The number of fused-ring (bicyclic) bond motifs is 3. The topological polar surface area (TPSA) is 92.0 Å². The van der Waals surface area contributed by atoms with Gasteiger partial charge in [-0.15, -0.1) is 0 Å². The van der Waals surface area contributed by atoms with Crippen molar-refractivity contribution in [1.82, 2.24) is 10.2 Å². The molecule has 2 aliphatic rings. The highest BCUT2D eigenvalue weighted by Crippen LogP contribution is 2.44. The van der Waals surface area contributed by atoms with E-state index >= 15 is 0 Å². The molecule has 1 unspecified atom stereocenters. The van der Waals surface area contributed by atoms with Crippen molar-refractivity contribution in [2.75, 3.05) is 19.7 Å². The number of hydrogen-bond acceptors (Lipinski definition) is 5. The summed E-state index contributed by atoms with van der Waals surface area (Å²) in [5.74, 6) is -0.864. The molecule has 1 saturated heterocycles. The Labute approximate surface area is 185 Å². The van der Waals surface area contributed by atoms with E-state index in [1.54, 1.807) is 4.90 Å². The second-order valence-electron chi connectivity index (χ2n) is 8.14. The minimum atomic E-state index is -1.08. The molecule has 2 aromatic carbocycles. The van der Waals surface area contributed by atoms with Crippen LogP contribution in [0.3, 0.4) is 0 Å². The fourth-order valence-electron chi connectivity index (χ4n) is 4.73. The van der Waals surface area contributed by atoms with Crippen LogP contribution < -0.4 is 5.32 Å². The third-order valence-electron chi connectivity index (χ3n) is 6.34. The van der Waals surface area contributed by atoms with E-state index in [0.29, 0.717) is 6.54 Å². The molecular weight excluding hydrogens is 408 g/mol. The number of carbonyl (C=O) groups excluding carboxylic acids is 1. The maximum absolute atomic E-state index is 13.2. The fraction of sp³-hybridized carbons (Fsp3) is 0.280. The van der Waals surface area contributed by atoms with Crippen LogP contribution in [0.5, 0.6) is 0 Å². The Hall–Kier alpha value is -3.58. The van der Waals surface area contributed by atoms with Crippen LogP contribution in [-0.2, 0) is 11.3 Å². The molecule has 1 aliphatic heterocycles. The molecular formula is C25H24N2O5. The summed E-state index contributed by atoms with van der Waals surface area (Å²) in [4.78, 5) is 26.3. The van der Waals surface area contributed by atoms with Gasteiger partial charge in [-0.05, 0) is 41.3 Å². The quantitative estimate of drug-likeness (QED) is 0.610. The molecule has 1 aromatic heterocycles. The average Bonchev–Trinajstić information content (AvgIpc) is 3.55. The van der Waals surface area contributed by atoms with Crippen LogP contribution in [0.25, 0.3) is 11.1 Å². The van der Waals surface area contributed by atoms with Crippen molar-refractivity contribution in [2.24, 2.45) is 0 Å². The first-order valence-corrected chi connectivity index (χ1v) is 10.8. The van der Waals surface area contributed by atoms with Gasteiger partial charge in [-0.2, -0.15) is 0 Å². The van der Waals surface area contributed by atoms with Crippen molar-refractivity contribution in [3.8, 4) is 11.1 Å². The molecule has 0 bridgehead atoms. The number of aromatic carboxylic acids is 1. The molecule has 0 spiro atoms. The minimum absolute atomic E-state index is 0.0342. The molecule has 5 rings (SSSR count). The average molecular weight is 432 g/mol. The highest BCUT2D eigenvalue weighted by Gasteiger charge is 2.33. The van der Waals surface area contributed by atoms with Crippen molar-refractivity contribution < 1.29 is 23.8 Å². The van der Waals surface area contributed by atoms with E-state index in [1.165, 1.54) is 23.5 Å². The summed E-state index contributed by atoms with van der Waals surface area (Å²) < 4.78 is 11.2. The monoisotopic (exact) mass is 432 g/mol. The minimum Gasteiger partial charge on any atom is -0.478 e. The maximum Gasteiger partial charge on any atom is 0.410 e. The van der Waals surface area contributed by atoms with E-state index in [-0.39, 0.29) is 36.4 Å². The van der Waals surface area contributed by atoms with Gasteiger partial charge in [0.15, 0.2) is 0 Å². The summed E-state index contributed by atoms with van der Waals surface area (Å²) in [7, 11) is 0. The Balaban J connectivity index is 1.36. The maximum atomic E-state index is 13.2. The molecule has 1 atom stereocenters. The zero-order valence-corrected chi connectivity index (χ0v) is 17.5. The second kappa shape index (κ2) is 8.51. The molecule has 7 nitrogen and oxygen atoms in total. The molecule has 3 aromatic rings. The van der Waals surface area contributed by atoms with Crippen LogP contribution in [0, 0.1) is 0 Å². The molecule has 0 saturated carbocycles. The number of nitrogens with one attached hydrogen (secondary N) is 1. The molecule has 32 heavy (non-hydrogen) atoms. The van der Waals surface area contributed by atoms with Crippen LogP contribution >= 0.6 is 0 Å². The Kier molecular flexibility index (Phi) is 5.41. The van der Waals surface area contributed by atoms with Crippen LogP contribution in [0.2, 0.25) is 0 Å². The zero-order valence-electron chi connectivity index (χ0n) is 17.5. The van der Waals surface area contributed by atoms with Gasteiger partial charge in [-0.25, -0.2) is 9.59 Å². The number of amides is 1. The fourth-order valence-corrected chi connectivity index (χ4v) is 4.73. The van der Waals surface area contributed by atoms with Crippen LogP contribution in [0.4, 0.5) is 4.79 Å². The number of furan rings is 1. The van der Waals surface area contributed by atoms with Crippen molar-refractivity contribution in [1.29, 1.82) is 0 Å². The van der Waals surface area contributed by atoms with Crippen LogP contribution in [0.15, 0.2) is 65.3 Å². The number of rotatable bonds is 6. The largest absolute Gasteiger partial charge is 0.478 e. The van der Waals surface area contributed by atoms with E-state index in [4.69, 9.17) is 9.15 Å². The van der Waals surface area contributed by atoms with Gasteiger partial charge in [0.25, 0.3) is 0 Å². The number of hydrogen-bond donors (Lipinski definition) is 2. The lowest BCUT2D eigenvalue weighted by atomic mass is 9.98. The van der Waals surface area contributed by atoms with Crippen molar-refractivity contribution in [3.05, 3.63) is 83.3 Å². The lowest BCUT2D eigenvalue weighted by Crippen LogP contribution is -2.42. The van der Waals surface area contributed by atoms with Gasteiger partial charge in [-0.1, -0.05) is 48.5 Å². The predicted molar refractivity (Wildman–Crippen MR) is 118 cm³/mol. The SMILES string of the molecule is O=C(O)c1ccoc1CN(C(=O)OCC1c2ccccc2-c2ccccc21)C1CCNC1. The summed E-state index contributed by atoms with van der Waals surface area (Å²) in [6, 6.07) is 17.7. The molecule has 7 heteroatoms. The van der Waals surface area contributed by atoms with Gasteiger partial charge in [0.05, 0.1) is 12.8 Å². The third kappa shape index (κ3) is 3.65. The summed E-state index contributed by atoms with van der Waals surface area (Å²) in [6.45, 7) is 1.69. The van der Waals surface area contributed by atoms with E-state index in [0.717, 1.165) is 24.1 Å². The summed E-state index contributed by atoms with van der Waals surface area (Å²) >= 11 is 0.